The minimum Gasteiger partial charge on any atom is -0.461 e. The molecule has 1 N–H and O–H groups in total. The zero-order valence-corrected chi connectivity index (χ0v) is 12.0. The van der Waals surface area contributed by atoms with E-state index in [2.05, 4.69) is 4.90 Å². The number of likely N-dealkylation sites (tertiary alicyclic amines) is 1. The van der Waals surface area contributed by atoms with E-state index in [1.54, 1.807) is 0 Å². The summed E-state index contributed by atoms with van der Waals surface area (Å²) >= 11 is 0. The van der Waals surface area contributed by atoms with Crippen molar-refractivity contribution in [1.82, 2.24) is 4.90 Å². The van der Waals surface area contributed by atoms with Crippen LogP contribution in [0.2, 0.25) is 0 Å². The maximum Gasteiger partial charge on any atom is 0.303 e. The molecule has 5 nitrogen and oxygen atoms in total. The van der Waals surface area contributed by atoms with Gasteiger partial charge in [-0.25, -0.2) is 0 Å². The summed E-state index contributed by atoms with van der Waals surface area (Å²) in [6.45, 7) is 3.61. The minimum absolute atomic E-state index is 0.190. The number of ether oxygens (including phenoxy) is 1. The zero-order chi connectivity index (χ0) is 14.4. The largest absolute Gasteiger partial charge is 0.461 e. The van der Waals surface area contributed by atoms with Gasteiger partial charge in [0.25, 0.3) is 0 Å². The van der Waals surface area contributed by atoms with Gasteiger partial charge in [-0.1, -0.05) is 6.42 Å². The van der Waals surface area contributed by atoms with E-state index in [1.165, 1.54) is 19.8 Å². The van der Waals surface area contributed by atoms with Crippen LogP contribution in [0.3, 0.4) is 0 Å². The fraction of sp³-hybridized carbons (Fsp3) is 0.667. The lowest BCUT2D eigenvalue weighted by Crippen LogP contribution is -2.39. The summed E-state index contributed by atoms with van der Waals surface area (Å²) in [7, 11) is 0. The molecule has 0 amide bonds. The second kappa shape index (κ2) is 7.45. The van der Waals surface area contributed by atoms with Gasteiger partial charge in [0.1, 0.15) is 18.1 Å². The van der Waals surface area contributed by atoms with Gasteiger partial charge >= 0.3 is 5.97 Å². The quantitative estimate of drug-likeness (QED) is 0.809. The Morgan fingerprint density at radius 2 is 2.25 bits per heavy atom. The molecule has 1 aromatic heterocycles. The molecule has 1 unspecified atom stereocenters. The number of carbonyl (C=O) groups is 1. The molecule has 0 saturated carbocycles. The van der Waals surface area contributed by atoms with Crippen LogP contribution in [0.5, 0.6) is 0 Å². The highest BCUT2D eigenvalue weighted by Gasteiger charge is 2.22. The number of nitrogens with zero attached hydrogens (tertiary/aromatic N) is 1. The van der Waals surface area contributed by atoms with E-state index in [9.17, 15) is 4.79 Å². The smallest absolute Gasteiger partial charge is 0.303 e. The molecular formula is C15H23NO4. The summed E-state index contributed by atoms with van der Waals surface area (Å²) in [5.74, 6) is 1.25. The molecule has 1 aromatic rings. The highest BCUT2D eigenvalue weighted by molar-refractivity contribution is 5.65. The van der Waals surface area contributed by atoms with Gasteiger partial charge in [-0.05, 0) is 37.9 Å². The number of piperidine rings is 1. The molecule has 2 rings (SSSR count). The predicted molar refractivity (Wildman–Crippen MR) is 73.9 cm³/mol. The van der Waals surface area contributed by atoms with Crippen LogP contribution in [0.25, 0.3) is 0 Å². The van der Waals surface area contributed by atoms with Crippen molar-refractivity contribution in [3.8, 4) is 0 Å². The van der Waals surface area contributed by atoms with Crippen molar-refractivity contribution in [3.05, 3.63) is 23.7 Å². The lowest BCUT2D eigenvalue weighted by atomic mass is 9.99. The highest BCUT2D eigenvalue weighted by atomic mass is 16.5. The summed E-state index contributed by atoms with van der Waals surface area (Å²) in [5.41, 5.74) is 0. The number of carbonyl (C=O) groups excluding carboxylic acids is 1. The van der Waals surface area contributed by atoms with E-state index in [1.807, 2.05) is 12.1 Å². The van der Waals surface area contributed by atoms with Crippen molar-refractivity contribution >= 4 is 5.97 Å². The molecule has 20 heavy (non-hydrogen) atoms. The summed E-state index contributed by atoms with van der Waals surface area (Å²) in [5, 5.41) is 9.13. The molecule has 1 aliphatic rings. The number of hydrogen-bond acceptors (Lipinski definition) is 5. The van der Waals surface area contributed by atoms with Crippen LogP contribution in [-0.4, -0.2) is 35.2 Å². The van der Waals surface area contributed by atoms with E-state index in [0.29, 0.717) is 11.8 Å². The molecule has 5 heteroatoms. The normalized spacial score (nSPS) is 20.0. The molecule has 112 valence electrons. The van der Waals surface area contributed by atoms with Crippen LogP contribution in [0.15, 0.2) is 16.5 Å². The van der Waals surface area contributed by atoms with Gasteiger partial charge in [0.2, 0.25) is 0 Å². The first-order chi connectivity index (χ1) is 9.69. The third kappa shape index (κ3) is 4.35. The van der Waals surface area contributed by atoms with Gasteiger partial charge in [-0.2, -0.15) is 0 Å². The van der Waals surface area contributed by atoms with Gasteiger partial charge in [0.05, 0.1) is 6.54 Å². The summed E-state index contributed by atoms with van der Waals surface area (Å²) in [4.78, 5) is 13.1. The van der Waals surface area contributed by atoms with Gasteiger partial charge in [0.15, 0.2) is 0 Å². The van der Waals surface area contributed by atoms with E-state index in [4.69, 9.17) is 14.3 Å². The van der Waals surface area contributed by atoms with E-state index < -0.39 is 0 Å². The van der Waals surface area contributed by atoms with E-state index in [-0.39, 0.29) is 19.2 Å². The van der Waals surface area contributed by atoms with Crippen LogP contribution >= 0.6 is 0 Å². The number of furan rings is 1. The van der Waals surface area contributed by atoms with E-state index >= 15 is 0 Å². The number of esters is 1. The third-order valence-corrected chi connectivity index (χ3v) is 3.71. The zero-order valence-electron chi connectivity index (χ0n) is 12.0. The Kier molecular flexibility index (Phi) is 5.61. The average molecular weight is 281 g/mol. The maximum absolute atomic E-state index is 10.8. The van der Waals surface area contributed by atoms with Crippen molar-refractivity contribution < 1.29 is 19.1 Å². The molecule has 0 aromatic carbocycles. The number of aliphatic hydroxyl groups is 1. The van der Waals surface area contributed by atoms with Gasteiger partial charge in [-0.3, -0.25) is 9.69 Å². The van der Waals surface area contributed by atoms with Crippen LogP contribution in [0.4, 0.5) is 0 Å². The topological polar surface area (TPSA) is 62.9 Å². The summed E-state index contributed by atoms with van der Waals surface area (Å²) < 4.78 is 10.6. The standard InChI is InChI=1S/C15H23NO4/c1-12(18)19-11-15-6-5-14(20-15)10-16-8-3-2-4-13(16)7-9-17/h5-6,13,17H,2-4,7-11H2,1H3. The van der Waals surface area contributed by atoms with Gasteiger partial charge < -0.3 is 14.3 Å². The molecule has 2 heterocycles. The van der Waals surface area contributed by atoms with Crippen molar-refractivity contribution in [2.45, 2.75) is 51.8 Å². The van der Waals surface area contributed by atoms with Crippen molar-refractivity contribution in [2.24, 2.45) is 0 Å². The Bertz CT molecular complexity index is 427. The van der Waals surface area contributed by atoms with Crippen molar-refractivity contribution in [3.63, 3.8) is 0 Å². The molecular weight excluding hydrogens is 258 g/mol. The van der Waals surface area contributed by atoms with Crippen LogP contribution < -0.4 is 0 Å². The highest BCUT2D eigenvalue weighted by Crippen LogP contribution is 2.22. The Morgan fingerprint density at radius 1 is 1.45 bits per heavy atom. The SMILES string of the molecule is CC(=O)OCc1ccc(CN2CCCCC2CCO)o1. The first-order valence-electron chi connectivity index (χ1n) is 7.25. The first-order valence-corrected chi connectivity index (χ1v) is 7.25. The van der Waals surface area contributed by atoms with Crippen molar-refractivity contribution in [2.75, 3.05) is 13.2 Å². The van der Waals surface area contributed by atoms with Crippen LogP contribution in [-0.2, 0) is 22.7 Å². The van der Waals surface area contributed by atoms with Gasteiger partial charge in [0, 0.05) is 19.6 Å². The predicted octanol–water partition coefficient (Wildman–Crippen LogP) is 2.08. The van der Waals surface area contributed by atoms with Crippen molar-refractivity contribution in [1.29, 1.82) is 0 Å². The minimum atomic E-state index is -0.304. The molecule has 1 saturated heterocycles. The molecule has 0 radical (unpaired) electrons. The fourth-order valence-electron chi connectivity index (χ4n) is 2.70. The molecule has 0 spiro atoms. The lowest BCUT2D eigenvalue weighted by Gasteiger charge is -2.34. The van der Waals surface area contributed by atoms with E-state index in [0.717, 1.165) is 31.7 Å². The monoisotopic (exact) mass is 281 g/mol. The van der Waals surface area contributed by atoms with Gasteiger partial charge in [-0.15, -0.1) is 0 Å². The second-order valence-corrected chi connectivity index (χ2v) is 5.28. The fourth-order valence-corrected chi connectivity index (χ4v) is 2.70. The second-order valence-electron chi connectivity index (χ2n) is 5.28. The number of hydrogen-bond donors (Lipinski definition) is 1. The Hall–Kier alpha value is -1.33. The third-order valence-electron chi connectivity index (χ3n) is 3.71. The Morgan fingerprint density at radius 3 is 3.00 bits per heavy atom. The average Bonchev–Trinajstić information content (AvgIpc) is 2.87. The molecule has 0 aliphatic carbocycles. The molecule has 1 fully saturated rings. The molecule has 1 atom stereocenters. The Labute approximate surface area is 119 Å². The maximum atomic E-state index is 10.8. The number of rotatable bonds is 6. The molecule has 1 aliphatic heterocycles. The molecule has 0 bridgehead atoms. The lowest BCUT2D eigenvalue weighted by molar-refractivity contribution is -0.142. The first kappa shape index (κ1) is 15.1. The Balaban J connectivity index is 1.89. The van der Waals surface area contributed by atoms with Crippen LogP contribution in [0.1, 0.15) is 44.1 Å². The van der Waals surface area contributed by atoms with Crippen LogP contribution in [0, 0.1) is 0 Å². The summed E-state index contributed by atoms with van der Waals surface area (Å²) in [6, 6.07) is 4.22. The summed E-state index contributed by atoms with van der Waals surface area (Å²) in [6.07, 6.45) is 4.39. The number of aliphatic hydroxyl groups excluding tert-OH is 1.